The zero-order valence-electron chi connectivity index (χ0n) is 15.2. The van der Waals surface area contributed by atoms with Gasteiger partial charge in [0.25, 0.3) is 0 Å². The molecule has 1 atom stereocenters. The second-order valence-electron chi connectivity index (χ2n) is 7.21. The van der Waals surface area contributed by atoms with Crippen molar-refractivity contribution in [2.75, 3.05) is 26.3 Å². The van der Waals surface area contributed by atoms with E-state index in [1.165, 1.54) is 12.1 Å². The molecule has 1 unspecified atom stereocenters. The number of ether oxygens (including phenoxy) is 1. The fourth-order valence-corrected chi connectivity index (χ4v) is 4.23. The summed E-state index contributed by atoms with van der Waals surface area (Å²) < 4.78 is 18.6. The Morgan fingerprint density at radius 1 is 1.30 bits per heavy atom. The number of carbonyl (C=O) groups is 1. The van der Waals surface area contributed by atoms with Gasteiger partial charge in [0.2, 0.25) is 5.91 Å². The molecule has 144 valence electrons. The van der Waals surface area contributed by atoms with E-state index in [0.717, 1.165) is 62.0 Å². The number of amides is 1. The summed E-state index contributed by atoms with van der Waals surface area (Å²) >= 11 is 1.58. The van der Waals surface area contributed by atoms with Crippen molar-refractivity contribution < 1.29 is 13.9 Å². The van der Waals surface area contributed by atoms with Gasteiger partial charge in [-0.25, -0.2) is 9.37 Å². The summed E-state index contributed by atoms with van der Waals surface area (Å²) in [6.45, 7) is 4.69. The van der Waals surface area contributed by atoms with E-state index in [1.807, 2.05) is 0 Å². The maximum absolute atomic E-state index is 13.2. The fraction of sp³-hybridized carbons (Fsp3) is 0.500. The maximum atomic E-state index is 13.2. The van der Waals surface area contributed by atoms with Gasteiger partial charge < -0.3 is 10.1 Å². The zero-order valence-corrected chi connectivity index (χ0v) is 16.0. The number of morpholine rings is 1. The van der Waals surface area contributed by atoms with Crippen LogP contribution in [0.1, 0.15) is 35.0 Å². The third kappa shape index (κ3) is 4.91. The van der Waals surface area contributed by atoms with Crippen LogP contribution in [0.2, 0.25) is 0 Å². The number of nitrogens with one attached hydrogen (secondary N) is 1. The number of nitrogens with zero attached hydrogens (tertiary/aromatic N) is 2. The fourth-order valence-electron chi connectivity index (χ4n) is 3.50. The first kappa shape index (κ1) is 18.5. The highest BCUT2D eigenvalue weighted by Gasteiger charge is 2.37. The molecular weight excluding hydrogens is 365 g/mol. The van der Waals surface area contributed by atoms with Gasteiger partial charge in [0.05, 0.1) is 31.4 Å². The second-order valence-corrected chi connectivity index (χ2v) is 8.15. The highest BCUT2D eigenvalue weighted by atomic mass is 32.1. The number of hydrogen-bond acceptors (Lipinski definition) is 5. The number of rotatable bonds is 7. The molecule has 27 heavy (non-hydrogen) atoms. The third-order valence-electron chi connectivity index (χ3n) is 5.11. The number of benzene rings is 1. The smallest absolute Gasteiger partial charge is 0.228 e. The van der Waals surface area contributed by atoms with Gasteiger partial charge in [0, 0.05) is 25.0 Å². The Balaban J connectivity index is 1.33. The van der Waals surface area contributed by atoms with Gasteiger partial charge in [-0.15, -0.1) is 11.3 Å². The molecule has 1 aromatic heterocycles. The minimum absolute atomic E-state index is 0.00837. The van der Waals surface area contributed by atoms with E-state index in [2.05, 4.69) is 20.6 Å². The lowest BCUT2D eigenvalue weighted by molar-refractivity contribution is -0.123. The first-order valence-corrected chi connectivity index (χ1v) is 10.3. The molecule has 1 N–H and O–H groups in total. The topological polar surface area (TPSA) is 54.5 Å². The highest BCUT2D eigenvalue weighted by molar-refractivity contribution is 7.09. The van der Waals surface area contributed by atoms with Crippen molar-refractivity contribution in [1.82, 2.24) is 15.2 Å². The summed E-state index contributed by atoms with van der Waals surface area (Å²) in [7, 11) is 0. The van der Waals surface area contributed by atoms with Crippen molar-refractivity contribution in [3.63, 3.8) is 0 Å². The molecule has 1 aliphatic carbocycles. The summed E-state index contributed by atoms with van der Waals surface area (Å²) in [5.41, 5.74) is 1.94. The molecular formula is C20H24FN3O2S. The van der Waals surface area contributed by atoms with E-state index in [-0.39, 0.29) is 17.6 Å². The lowest BCUT2D eigenvalue weighted by atomic mass is 9.93. The lowest BCUT2D eigenvalue weighted by Crippen LogP contribution is -2.35. The first-order chi connectivity index (χ1) is 13.2. The van der Waals surface area contributed by atoms with Crippen molar-refractivity contribution in [2.45, 2.75) is 31.8 Å². The SMILES string of the molecule is O=C(NCc1nc(CN2CCOCC2)cs1)C(c1ccc(F)cc1)C1CC1. The van der Waals surface area contributed by atoms with Crippen LogP contribution in [0.4, 0.5) is 4.39 Å². The Hall–Kier alpha value is -1.83. The van der Waals surface area contributed by atoms with Crippen LogP contribution >= 0.6 is 11.3 Å². The average molecular weight is 389 g/mol. The van der Waals surface area contributed by atoms with Gasteiger partial charge >= 0.3 is 0 Å². The van der Waals surface area contributed by atoms with Crippen LogP contribution in [-0.2, 0) is 22.6 Å². The minimum Gasteiger partial charge on any atom is -0.379 e. The van der Waals surface area contributed by atoms with Crippen molar-refractivity contribution in [2.24, 2.45) is 5.92 Å². The summed E-state index contributed by atoms with van der Waals surface area (Å²) in [5, 5.41) is 6.01. The zero-order chi connectivity index (χ0) is 18.6. The minimum atomic E-state index is -0.274. The van der Waals surface area contributed by atoms with Crippen LogP contribution in [0.15, 0.2) is 29.6 Å². The van der Waals surface area contributed by atoms with E-state index in [4.69, 9.17) is 4.74 Å². The standard InChI is InChI=1S/C20H24FN3O2S/c21-16-5-3-15(4-6-16)19(14-1-2-14)20(25)22-11-18-23-17(13-27-18)12-24-7-9-26-10-8-24/h3-6,13-14,19H,1-2,7-12H2,(H,22,25). The largest absolute Gasteiger partial charge is 0.379 e. The van der Waals surface area contributed by atoms with E-state index < -0.39 is 0 Å². The molecule has 0 spiro atoms. The molecule has 2 aromatic rings. The van der Waals surface area contributed by atoms with Crippen LogP contribution in [0, 0.1) is 11.7 Å². The van der Waals surface area contributed by atoms with E-state index in [0.29, 0.717) is 12.5 Å². The predicted octanol–water partition coefficient (Wildman–Crippen LogP) is 2.92. The number of hydrogen-bond donors (Lipinski definition) is 1. The van der Waals surface area contributed by atoms with Crippen molar-refractivity contribution >= 4 is 17.2 Å². The van der Waals surface area contributed by atoms with Gasteiger partial charge in [-0.2, -0.15) is 0 Å². The van der Waals surface area contributed by atoms with Crippen LogP contribution in [-0.4, -0.2) is 42.1 Å². The molecule has 2 heterocycles. The summed E-state index contributed by atoms with van der Waals surface area (Å²) in [6.07, 6.45) is 2.10. The third-order valence-corrected chi connectivity index (χ3v) is 6.01. The predicted molar refractivity (Wildman–Crippen MR) is 102 cm³/mol. The molecule has 1 aliphatic heterocycles. The van der Waals surface area contributed by atoms with Gasteiger partial charge in [-0.3, -0.25) is 9.69 Å². The monoisotopic (exact) mass is 389 g/mol. The summed E-state index contributed by atoms with van der Waals surface area (Å²) in [6, 6.07) is 6.30. The Morgan fingerprint density at radius 2 is 2.04 bits per heavy atom. The molecule has 1 aromatic carbocycles. The van der Waals surface area contributed by atoms with Crippen molar-refractivity contribution in [3.8, 4) is 0 Å². The molecule has 5 nitrogen and oxygen atoms in total. The Bertz CT molecular complexity index is 770. The van der Waals surface area contributed by atoms with Crippen molar-refractivity contribution in [3.05, 3.63) is 51.7 Å². The first-order valence-electron chi connectivity index (χ1n) is 9.45. The highest BCUT2D eigenvalue weighted by Crippen LogP contribution is 2.42. The summed E-state index contributed by atoms with van der Waals surface area (Å²) in [4.78, 5) is 19.7. The van der Waals surface area contributed by atoms with Crippen LogP contribution in [0.3, 0.4) is 0 Å². The molecule has 0 bridgehead atoms. The molecule has 7 heteroatoms. The maximum Gasteiger partial charge on any atom is 0.228 e. The number of carbonyl (C=O) groups excluding carboxylic acids is 1. The van der Waals surface area contributed by atoms with Gasteiger partial charge in [-0.05, 0) is 36.5 Å². The molecule has 1 amide bonds. The second kappa shape index (κ2) is 8.46. The molecule has 4 rings (SSSR count). The molecule has 1 saturated heterocycles. The number of thiazole rings is 1. The number of aromatic nitrogens is 1. The molecule has 2 aliphatic rings. The summed E-state index contributed by atoms with van der Waals surface area (Å²) in [5.74, 6) is -0.0969. The molecule has 1 saturated carbocycles. The van der Waals surface area contributed by atoms with Crippen molar-refractivity contribution in [1.29, 1.82) is 0 Å². The lowest BCUT2D eigenvalue weighted by Gasteiger charge is -2.25. The molecule has 0 radical (unpaired) electrons. The Morgan fingerprint density at radius 3 is 2.74 bits per heavy atom. The Kier molecular flexibility index (Phi) is 5.80. The van der Waals surface area contributed by atoms with Crippen LogP contribution in [0.25, 0.3) is 0 Å². The molecule has 2 fully saturated rings. The van der Waals surface area contributed by atoms with Gasteiger partial charge in [0.1, 0.15) is 10.8 Å². The number of halogens is 1. The van der Waals surface area contributed by atoms with E-state index in [9.17, 15) is 9.18 Å². The Labute approximate surface area is 162 Å². The van der Waals surface area contributed by atoms with Gasteiger partial charge in [-0.1, -0.05) is 12.1 Å². The van der Waals surface area contributed by atoms with E-state index >= 15 is 0 Å². The average Bonchev–Trinajstić information content (AvgIpc) is 3.41. The van der Waals surface area contributed by atoms with Gasteiger partial charge in [0.15, 0.2) is 0 Å². The van der Waals surface area contributed by atoms with Crippen LogP contribution < -0.4 is 5.32 Å². The van der Waals surface area contributed by atoms with Crippen LogP contribution in [0.5, 0.6) is 0 Å². The van der Waals surface area contributed by atoms with E-state index in [1.54, 1.807) is 23.5 Å². The quantitative estimate of drug-likeness (QED) is 0.791. The normalized spacial score (nSPS) is 19.0.